The number of nitro benzene ring substituents is 1. The standard InChI is InChI=1S/C20H17N5O3S/c1-3-24-19-15(11-21-24)14(10-16(23-19)18-5-4-8-29-18)20(26)22-13-7-6-12(2)17(9-13)25(27)28/h4-11H,3H2,1-2H3,(H,22,26). The molecule has 0 fully saturated rings. The van der Waals surface area contributed by atoms with Gasteiger partial charge in [0.2, 0.25) is 0 Å². The van der Waals surface area contributed by atoms with Crippen LogP contribution in [0.15, 0.2) is 48.0 Å². The molecule has 0 radical (unpaired) electrons. The summed E-state index contributed by atoms with van der Waals surface area (Å²) < 4.78 is 1.74. The van der Waals surface area contributed by atoms with Crippen LogP contribution >= 0.6 is 11.3 Å². The third-order valence-corrected chi connectivity index (χ3v) is 5.48. The van der Waals surface area contributed by atoms with Crippen LogP contribution in [0.3, 0.4) is 0 Å². The van der Waals surface area contributed by atoms with Gasteiger partial charge in [0.15, 0.2) is 5.65 Å². The van der Waals surface area contributed by atoms with Crippen LogP contribution < -0.4 is 5.32 Å². The van der Waals surface area contributed by atoms with E-state index in [0.29, 0.717) is 40.1 Å². The van der Waals surface area contributed by atoms with Crippen molar-refractivity contribution in [3.05, 3.63) is 69.2 Å². The van der Waals surface area contributed by atoms with Crippen LogP contribution in [-0.4, -0.2) is 25.6 Å². The third kappa shape index (κ3) is 3.47. The predicted molar refractivity (Wildman–Crippen MR) is 112 cm³/mol. The highest BCUT2D eigenvalue weighted by molar-refractivity contribution is 7.13. The molecule has 1 aromatic carbocycles. The molecule has 0 saturated heterocycles. The molecule has 1 N–H and O–H groups in total. The summed E-state index contributed by atoms with van der Waals surface area (Å²) in [6, 6.07) is 10.2. The molecule has 146 valence electrons. The first kappa shape index (κ1) is 18.8. The van der Waals surface area contributed by atoms with Crippen LogP contribution in [0.1, 0.15) is 22.8 Å². The van der Waals surface area contributed by atoms with Gasteiger partial charge in [0.05, 0.1) is 32.6 Å². The van der Waals surface area contributed by atoms with Gasteiger partial charge in [-0.2, -0.15) is 5.10 Å². The second kappa shape index (κ2) is 7.44. The highest BCUT2D eigenvalue weighted by atomic mass is 32.1. The minimum absolute atomic E-state index is 0.0410. The molecule has 9 heteroatoms. The van der Waals surface area contributed by atoms with E-state index < -0.39 is 4.92 Å². The first-order valence-corrected chi connectivity index (χ1v) is 9.82. The maximum Gasteiger partial charge on any atom is 0.274 e. The van der Waals surface area contributed by atoms with Crippen molar-refractivity contribution in [3.63, 3.8) is 0 Å². The van der Waals surface area contributed by atoms with Crippen LogP contribution in [0.4, 0.5) is 11.4 Å². The molecule has 0 bridgehead atoms. The number of benzene rings is 1. The molecule has 0 saturated carbocycles. The molecular formula is C20H17N5O3S. The number of nitro groups is 1. The fraction of sp³-hybridized carbons (Fsp3) is 0.150. The Bertz CT molecular complexity index is 1230. The lowest BCUT2D eigenvalue weighted by Crippen LogP contribution is -2.13. The lowest BCUT2D eigenvalue weighted by molar-refractivity contribution is -0.385. The van der Waals surface area contributed by atoms with Crippen molar-refractivity contribution in [2.75, 3.05) is 5.32 Å². The highest BCUT2D eigenvalue weighted by Crippen LogP contribution is 2.29. The van der Waals surface area contributed by atoms with E-state index in [0.717, 1.165) is 4.88 Å². The van der Waals surface area contributed by atoms with Gasteiger partial charge in [0.1, 0.15) is 0 Å². The number of fused-ring (bicyclic) bond motifs is 1. The van der Waals surface area contributed by atoms with Gasteiger partial charge in [-0.05, 0) is 37.4 Å². The molecule has 0 aliphatic heterocycles. The molecule has 0 aliphatic rings. The molecule has 0 unspecified atom stereocenters. The van der Waals surface area contributed by atoms with E-state index in [1.165, 1.54) is 17.4 Å². The van der Waals surface area contributed by atoms with Gasteiger partial charge in [-0.1, -0.05) is 12.1 Å². The van der Waals surface area contributed by atoms with Crippen molar-refractivity contribution in [1.82, 2.24) is 14.8 Å². The third-order valence-electron chi connectivity index (χ3n) is 4.59. The highest BCUT2D eigenvalue weighted by Gasteiger charge is 2.19. The number of aromatic nitrogens is 3. The van der Waals surface area contributed by atoms with Crippen LogP contribution in [0, 0.1) is 17.0 Å². The van der Waals surface area contributed by atoms with Crippen molar-refractivity contribution in [2.24, 2.45) is 0 Å². The lowest BCUT2D eigenvalue weighted by atomic mass is 10.1. The number of nitrogens with one attached hydrogen (secondary N) is 1. The van der Waals surface area contributed by atoms with Crippen molar-refractivity contribution in [1.29, 1.82) is 0 Å². The lowest BCUT2D eigenvalue weighted by Gasteiger charge is -2.09. The Morgan fingerprint density at radius 2 is 2.14 bits per heavy atom. The molecule has 4 rings (SSSR count). The molecule has 0 spiro atoms. The number of hydrogen-bond donors (Lipinski definition) is 1. The average molecular weight is 407 g/mol. The van der Waals surface area contributed by atoms with E-state index in [4.69, 9.17) is 0 Å². The van der Waals surface area contributed by atoms with Gasteiger partial charge in [0, 0.05) is 23.9 Å². The van der Waals surface area contributed by atoms with Crippen molar-refractivity contribution >= 4 is 39.7 Å². The molecule has 3 aromatic heterocycles. The number of anilines is 1. The largest absolute Gasteiger partial charge is 0.322 e. The number of thiophene rings is 1. The summed E-state index contributed by atoms with van der Waals surface area (Å²) in [5, 5.41) is 20.9. The van der Waals surface area contributed by atoms with Crippen molar-refractivity contribution < 1.29 is 9.72 Å². The van der Waals surface area contributed by atoms with Gasteiger partial charge in [0.25, 0.3) is 11.6 Å². The van der Waals surface area contributed by atoms with Crippen LogP contribution in [0.5, 0.6) is 0 Å². The zero-order chi connectivity index (χ0) is 20.5. The maximum atomic E-state index is 13.1. The Kier molecular flexibility index (Phi) is 4.81. The molecular weight excluding hydrogens is 390 g/mol. The van der Waals surface area contributed by atoms with E-state index in [1.54, 1.807) is 36.0 Å². The fourth-order valence-corrected chi connectivity index (χ4v) is 3.79. The van der Waals surface area contributed by atoms with E-state index in [-0.39, 0.29) is 11.6 Å². The minimum Gasteiger partial charge on any atom is -0.322 e. The van der Waals surface area contributed by atoms with E-state index >= 15 is 0 Å². The fourth-order valence-electron chi connectivity index (χ4n) is 3.10. The SMILES string of the molecule is CCn1ncc2c(C(=O)Nc3ccc(C)c([N+](=O)[O-])c3)cc(-c3cccs3)nc21. The van der Waals surface area contributed by atoms with Gasteiger partial charge in [-0.25, -0.2) is 9.67 Å². The average Bonchev–Trinajstić information content (AvgIpc) is 3.38. The Morgan fingerprint density at radius 1 is 1.31 bits per heavy atom. The number of amides is 1. The topological polar surface area (TPSA) is 103 Å². The van der Waals surface area contributed by atoms with E-state index in [9.17, 15) is 14.9 Å². The quantitative estimate of drug-likeness (QED) is 0.383. The Morgan fingerprint density at radius 3 is 2.83 bits per heavy atom. The predicted octanol–water partition coefficient (Wildman–Crippen LogP) is 4.65. The number of nitrogens with zero attached hydrogens (tertiary/aromatic N) is 4. The van der Waals surface area contributed by atoms with Gasteiger partial charge < -0.3 is 5.32 Å². The number of carbonyl (C=O) groups is 1. The molecule has 4 aromatic rings. The second-order valence-electron chi connectivity index (χ2n) is 6.44. The molecule has 29 heavy (non-hydrogen) atoms. The van der Waals surface area contributed by atoms with Gasteiger partial charge in [-0.15, -0.1) is 11.3 Å². The van der Waals surface area contributed by atoms with E-state index in [1.807, 2.05) is 24.4 Å². The zero-order valence-corrected chi connectivity index (χ0v) is 16.6. The van der Waals surface area contributed by atoms with Gasteiger partial charge in [-0.3, -0.25) is 14.9 Å². The Labute approximate surface area is 170 Å². The molecule has 1 amide bonds. The normalized spacial score (nSPS) is 11.0. The van der Waals surface area contributed by atoms with Crippen LogP contribution in [0.2, 0.25) is 0 Å². The summed E-state index contributed by atoms with van der Waals surface area (Å²) in [6.45, 7) is 4.23. The summed E-state index contributed by atoms with van der Waals surface area (Å²) in [5.41, 5.74) is 2.57. The zero-order valence-electron chi connectivity index (χ0n) is 15.7. The van der Waals surface area contributed by atoms with Crippen LogP contribution in [0.25, 0.3) is 21.6 Å². The van der Waals surface area contributed by atoms with E-state index in [2.05, 4.69) is 15.4 Å². The smallest absolute Gasteiger partial charge is 0.274 e. The summed E-state index contributed by atoms with van der Waals surface area (Å²) in [7, 11) is 0. The van der Waals surface area contributed by atoms with Crippen molar-refractivity contribution in [2.45, 2.75) is 20.4 Å². The number of pyridine rings is 1. The number of rotatable bonds is 5. The first-order valence-electron chi connectivity index (χ1n) is 8.94. The summed E-state index contributed by atoms with van der Waals surface area (Å²) in [4.78, 5) is 29.4. The molecule has 0 aliphatic carbocycles. The van der Waals surface area contributed by atoms with Crippen LogP contribution in [-0.2, 0) is 6.54 Å². The first-order chi connectivity index (χ1) is 14.0. The Hall–Kier alpha value is -3.59. The minimum atomic E-state index is -0.462. The second-order valence-corrected chi connectivity index (χ2v) is 7.39. The van der Waals surface area contributed by atoms with Crippen molar-refractivity contribution in [3.8, 4) is 10.6 Å². The summed E-state index contributed by atoms with van der Waals surface area (Å²) in [6.07, 6.45) is 1.62. The summed E-state index contributed by atoms with van der Waals surface area (Å²) >= 11 is 1.53. The molecule has 8 nitrogen and oxygen atoms in total. The monoisotopic (exact) mass is 407 g/mol. The number of carbonyl (C=O) groups excluding carboxylic acids is 1. The Balaban J connectivity index is 1.78. The summed E-state index contributed by atoms with van der Waals surface area (Å²) in [5.74, 6) is -0.371. The number of hydrogen-bond acceptors (Lipinski definition) is 6. The maximum absolute atomic E-state index is 13.1. The molecule has 0 atom stereocenters. The number of aryl methyl sites for hydroxylation is 2. The van der Waals surface area contributed by atoms with Gasteiger partial charge >= 0.3 is 0 Å². The molecule has 3 heterocycles.